The van der Waals surface area contributed by atoms with Crippen LogP contribution in [-0.2, 0) is 9.59 Å². The van der Waals surface area contributed by atoms with E-state index in [-0.39, 0.29) is 11.9 Å². The molecular weight excluding hydrogens is 196 g/mol. The van der Waals surface area contributed by atoms with Crippen molar-refractivity contribution in [1.82, 2.24) is 10.2 Å². The molecule has 0 aliphatic carbocycles. The Bertz CT molecular complexity index is 274. The number of carbonyl (C=O) groups excluding carboxylic acids is 1. The van der Waals surface area contributed by atoms with Crippen molar-refractivity contribution in [2.24, 2.45) is 0 Å². The molecule has 2 atom stereocenters. The van der Waals surface area contributed by atoms with Gasteiger partial charge in [-0.1, -0.05) is 0 Å². The molecule has 1 N–H and O–H groups in total. The Morgan fingerprint density at radius 2 is 2.07 bits per heavy atom. The van der Waals surface area contributed by atoms with Crippen LogP contribution in [0, 0.1) is 0 Å². The molecule has 2 aliphatic rings. The van der Waals surface area contributed by atoms with Crippen LogP contribution in [0.5, 0.6) is 0 Å². The van der Waals surface area contributed by atoms with Gasteiger partial charge in [-0.25, -0.2) is 10.1 Å². The highest BCUT2D eigenvalue weighted by Crippen LogP contribution is 2.21. The monoisotopic (exact) mass is 211 g/mol. The van der Waals surface area contributed by atoms with Gasteiger partial charge in [0.05, 0.1) is 0 Å². The Labute approximate surface area is 88.4 Å². The van der Waals surface area contributed by atoms with E-state index in [4.69, 9.17) is 5.11 Å². The number of carboxylic acid groups (broad SMARTS) is 1. The van der Waals surface area contributed by atoms with Crippen LogP contribution < -0.4 is 5.32 Å². The Morgan fingerprint density at radius 1 is 1.27 bits per heavy atom. The molecule has 2 rings (SSSR count). The smallest absolute Gasteiger partial charge is 0.326 e. The standard InChI is InChI=1S/C10H15N2O3/c13-9(7-3-1-5-11-7)12-6-2-4-8(12)10(14)15/h7-8H,1-6H2,(H,14,15). The van der Waals surface area contributed by atoms with Crippen molar-refractivity contribution in [1.29, 1.82) is 0 Å². The minimum Gasteiger partial charge on any atom is -0.480 e. The summed E-state index contributed by atoms with van der Waals surface area (Å²) < 4.78 is 0. The van der Waals surface area contributed by atoms with Gasteiger partial charge < -0.3 is 10.0 Å². The first-order chi connectivity index (χ1) is 7.20. The predicted octanol–water partition coefficient (Wildman–Crippen LogP) is -0.171. The van der Waals surface area contributed by atoms with Gasteiger partial charge in [-0.15, -0.1) is 0 Å². The summed E-state index contributed by atoms with van der Waals surface area (Å²) in [6.45, 7) is 1.31. The van der Waals surface area contributed by atoms with Crippen LogP contribution >= 0.6 is 0 Å². The largest absolute Gasteiger partial charge is 0.480 e. The summed E-state index contributed by atoms with van der Waals surface area (Å²) >= 11 is 0. The second-order valence-electron chi connectivity index (χ2n) is 4.09. The van der Waals surface area contributed by atoms with Crippen LogP contribution in [-0.4, -0.2) is 47.1 Å². The molecule has 1 radical (unpaired) electrons. The number of carboxylic acids is 1. The van der Waals surface area contributed by atoms with E-state index in [2.05, 4.69) is 5.32 Å². The van der Waals surface area contributed by atoms with E-state index in [1.807, 2.05) is 0 Å². The second-order valence-corrected chi connectivity index (χ2v) is 4.09. The van der Waals surface area contributed by atoms with Crippen molar-refractivity contribution in [2.75, 3.05) is 13.1 Å². The lowest BCUT2D eigenvalue weighted by molar-refractivity contribution is -0.148. The Balaban J connectivity index is 2.02. The van der Waals surface area contributed by atoms with Crippen molar-refractivity contribution in [3.63, 3.8) is 0 Å². The van der Waals surface area contributed by atoms with Gasteiger partial charge in [-0.3, -0.25) is 4.79 Å². The van der Waals surface area contributed by atoms with E-state index in [1.54, 1.807) is 0 Å². The van der Waals surface area contributed by atoms with Gasteiger partial charge in [0.25, 0.3) is 0 Å². The maximum absolute atomic E-state index is 11.9. The lowest BCUT2D eigenvalue weighted by Gasteiger charge is -2.24. The second kappa shape index (κ2) is 4.18. The average Bonchev–Trinajstić information content (AvgIpc) is 2.88. The number of carbonyl (C=O) groups is 2. The van der Waals surface area contributed by atoms with E-state index in [0.717, 1.165) is 25.8 Å². The molecule has 5 heteroatoms. The zero-order chi connectivity index (χ0) is 10.8. The minimum absolute atomic E-state index is 0.0857. The Morgan fingerprint density at radius 3 is 2.67 bits per heavy atom. The molecule has 1 amide bonds. The number of hydrogen-bond acceptors (Lipinski definition) is 2. The molecule has 2 aliphatic heterocycles. The van der Waals surface area contributed by atoms with Gasteiger partial charge in [-0.2, -0.15) is 0 Å². The minimum atomic E-state index is -0.890. The van der Waals surface area contributed by atoms with Crippen LogP contribution in [0.2, 0.25) is 0 Å². The maximum Gasteiger partial charge on any atom is 0.326 e. The third-order valence-electron chi connectivity index (χ3n) is 3.09. The highest BCUT2D eigenvalue weighted by molar-refractivity contribution is 5.87. The molecule has 0 aromatic heterocycles. The highest BCUT2D eigenvalue weighted by Gasteiger charge is 2.38. The average molecular weight is 211 g/mol. The summed E-state index contributed by atoms with van der Waals surface area (Å²) in [6, 6.07) is -0.891. The lowest BCUT2D eigenvalue weighted by Crippen LogP contribution is -2.46. The summed E-state index contributed by atoms with van der Waals surface area (Å²) in [5.41, 5.74) is 0. The van der Waals surface area contributed by atoms with E-state index < -0.39 is 12.0 Å². The van der Waals surface area contributed by atoms with Crippen LogP contribution in [0.15, 0.2) is 0 Å². The van der Waals surface area contributed by atoms with Crippen LogP contribution in [0.25, 0.3) is 0 Å². The fourth-order valence-electron chi connectivity index (χ4n) is 2.30. The van der Waals surface area contributed by atoms with Gasteiger partial charge in [0.1, 0.15) is 12.1 Å². The fourth-order valence-corrected chi connectivity index (χ4v) is 2.30. The number of rotatable bonds is 2. The molecule has 0 aromatic carbocycles. The third-order valence-corrected chi connectivity index (χ3v) is 3.09. The quantitative estimate of drug-likeness (QED) is 0.689. The van der Waals surface area contributed by atoms with E-state index >= 15 is 0 Å². The first-order valence-electron chi connectivity index (χ1n) is 5.40. The Kier molecular flexibility index (Phi) is 2.90. The molecule has 0 bridgehead atoms. The number of likely N-dealkylation sites (tertiary alicyclic amines) is 1. The zero-order valence-corrected chi connectivity index (χ0v) is 8.56. The molecule has 2 unspecified atom stereocenters. The van der Waals surface area contributed by atoms with E-state index in [1.165, 1.54) is 4.90 Å². The van der Waals surface area contributed by atoms with Gasteiger partial charge >= 0.3 is 5.97 Å². The molecule has 15 heavy (non-hydrogen) atoms. The number of hydrogen-bond donors (Lipinski definition) is 1. The van der Waals surface area contributed by atoms with Crippen molar-refractivity contribution in [3.05, 3.63) is 0 Å². The molecule has 2 saturated heterocycles. The summed E-state index contributed by atoms with van der Waals surface area (Å²) in [4.78, 5) is 24.3. The maximum atomic E-state index is 11.9. The van der Waals surface area contributed by atoms with Gasteiger partial charge in [-0.05, 0) is 25.7 Å². The summed E-state index contributed by atoms with van der Waals surface area (Å²) in [7, 11) is 0. The summed E-state index contributed by atoms with van der Waals surface area (Å²) in [5.74, 6) is -0.976. The molecule has 2 fully saturated rings. The number of amides is 1. The lowest BCUT2D eigenvalue weighted by atomic mass is 10.1. The molecule has 0 spiro atoms. The summed E-state index contributed by atoms with van der Waals surface area (Å²) in [6.07, 6.45) is 3.09. The number of aliphatic carboxylic acids is 1. The molecule has 5 nitrogen and oxygen atoms in total. The Hall–Kier alpha value is -1.10. The van der Waals surface area contributed by atoms with Gasteiger partial charge in [0, 0.05) is 13.1 Å². The fraction of sp³-hybridized carbons (Fsp3) is 0.800. The molecule has 83 valence electrons. The molecular formula is C10H15N2O3. The zero-order valence-electron chi connectivity index (χ0n) is 8.56. The van der Waals surface area contributed by atoms with Crippen molar-refractivity contribution >= 4 is 11.9 Å². The van der Waals surface area contributed by atoms with Crippen LogP contribution in [0.1, 0.15) is 25.7 Å². The normalized spacial score (nSPS) is 30.8. The van der Waals surface area contributed by atoms with Crippen molar-refractivity contribution in [3.8, 4) is 0 Å². The van der Waals surface area contributed by atoms with Gasteiger partial charge in [0.2, 0.25) is 5.91 Å². The summed E-state index contributed by atoms with van der Waals surface area (Å²) in [5, 5.41) is 13.1. The van der Waals surface area contributed by atoms with Crippen molar-refractivity contribution in [2.45, 2.75) is 37.8 Å². The molecule has 2 heterocycles. The SMILES string of the molecule is O=C(O)C1CCCN1C(=O)C1CCC[N]1. The van der Waals surface area contributed by atoms with Crippen LogP contribution in [0.4, 0.5) is 0 Å². The first-order valence-corrected chi connectivity index (χ1v) is 5.40. The number of nitrogens with zero attached hydrogens (tertiary/aromatic N) is 2. The first kappa shape index (κ1) is 10.4. The molecule has 0 saturated carbocycles. The third kappa shape index (κ3) is 1.97. The van der Waals surface area contributed by atoms with E-state index in [0.29, 0.717) is 13.0 Å². The molecule has 0 aromatic rings. The highest BCUT2D eigenvalue weighted by atomic mass is 16.4. The van der Waals surface area contributed by atoms with E-state index in [9.17, 15) is 9.59 Å². The topological polar surface area (TPSA) is 71.7 Å². The van der Waals surface area contributed by atoms with Crippen molar-refractivity contribution < 1.29 is 14.7 Å². The predicted molar refractivity (Wildman–Crippen MR) is 52.4 cm³/mol. The van der Waals surface area contributed by atoms with Gasteiger partial charge in [0.15, 0.2) is 0 Å². The van der Waals surface area contributed by atoms with Crippen LogP contribution in [0.3, 0.4) is 0 Å².